The maximum absolute atomic E-state index is 12.5. The molecule has 2 aliphatic rings. The summed E-state index contributed by atoms with van der Waals surface area (Å²) in [5.41, 5.74) is 3.35. The molecule has 2 aromatic rings. The molecule has 1 amide bonds. The fourth-order valence-corrected chi connectivity index (χ4v) is 5.15. The van der Waals surface area contributed by atoms with Crippen LogP contribution in [0.25, 0.3) is 11.1 Å². The Labute approximate surface area is 172 Å². The molecule has 2 aromatic carbocycles. The summed E-state index contributed by atoms with van der Waals surface area (Å²) < 4.78 is 5.91. The van der Waals surface area contributed by atoms with E-state index < -0.39 is 0 Å². The Balaban J connectivity index is 1.38. The number of fused-ring (bicyclic) bond motifs is 2. The molecular formula is C25H29NO3. The minimum atomic E-state index is -0.349. The van der Waals surface area contributed by atoms with Gasteiger partial charge in [-0.05, 0) is 72.8 Å². The predicted molar refractivity (Wildman–Crippen MR) is 115 cm³/mol. The number of nitrogens with one attached hydrogen (secondary N) is 1. The van der Waals surface area contributed by atoms with Crippen LogP contribution in [-0.2, 0) is 4.74 Å². The van der Waals surface area contributed by atoms with E-state index in [1.54, 1.807) is 6.07 Å². The molecule has 2 fully saturated rings. The van der Waals surface area contributed by atoms with Crippen LogP contribution in [-0.4, -0.2) is 18.5 Å². The summed E-state index contributed by atoms with van der Waals surface area (Å²) in [6.07, 6.45) is 7.81. The average Bonchev–Trinajstić information content (AvgIpc) is 2.74. The summed E-state index contributed by atoms with van der Waals surface area (Å²) in [6.45, 7) is 2.27. The number of hydrogen-bond acceptors (Lipinski definition) is 3. The first kappa shape index (κ1) is 19.7. The van der Waals surface area contributed by atoms with Gasteiger partial charge in [-0.3, -0.25) is 10.1 Å². The molecule has 2 atom stereocenters. The highest BCUT2D eigenvalue weighted by molar-refractivity contribution is 5.85. The predicted octanol–water partition coefficient (Wildman–Crippen LogP) is 6.32. The van der Waals surface area contributed by atoms with Crippen molar-refractivity contribution < 1.29 is 14.3 Å². The molecule has 29 heavy (non-hydrogen) atoms. The fourth-order valence-electron chi connectivity index (χ4n) is 5.15. The summed E-state index contributed by atoms with van der Waals surface area (Å²) in [6, 6.07) is 15.1. The zero-order valence-electron chi connectivity index (χ0n) is 17.0. The van der Waals surface area contributed by atoms with Crippen LogP contribution in [0.2, 0.25) is 0 Å². The number of carbonyl (C=O) groups is 2. The van der Waals surface area contributed by atoms with Crippen LogP contribution >= 0.6 is 0 Å². The summed E-state index contributed by atoms with van der Waals surface area (Å²) >= 11 is 0. The van der Waals surface area contributed by atoms with Crippen molar-refractivity contribution in [1.82, 2.24) is 0 Å². The van der Waals surface area contributed by atoms with Gasteiger partial charge in [-0.25, -0.2) is 4.79 Å². The third-order valence-corrected chi connectivity index (χ3v) is 6.66. The van der Waals surface area contributed by atoms with Gasteiger partial charge in [0.25, 0.3) is 0 Å². The number of carbonyl (C=O) groups excluding carboxylic acids is 2. The van der Waals surface area contributed by atoms with E-state index in [4.69, 9.17) is 4.74 Å². The highest BCUT2D eigenvalue weighted by atomic mass is 16.6. The second-order valence-electron chi connectivity index (χ2n) is 8.51. The first-order valence-corrected chi connectivity index (χ1v) is 10.8. The van der Waals surface area contributed by atoms with Crippen molar-refractivity contribution in [2.24, 2.45) is 17.8 Å². The third-order valence-electron chi connectivity index (χ3n) is 6.66. The second-order valence-corrected chi connectivity index (χ2v) is 8.51. The quantitative estimate of drug-likeness (QED) is 0.607. The van der Waals surface area contributed by atoms with Crippen LogP contribution < -0.4 is 5.32 Å². The van der Waals surface area contributed by atoms with Crippen molar-refractivity contribution in [3.05, 3.63) is 54.1 Å². The van der Waals surface area contributed by atoms with Gasteiger partial charge in [-0.2, -0.15) is 0 Å². The third kappa shape index (κ3) is 4.52. The molecule has 2 aliphatic carbocycles. The SMILES string of the molecule is CCC1CC2CCCC(C1)C2OC(=O)Nc1ccc(-c2cccc(C=O)c2)cc1. The largest absolute Gasteiger partial charge is 0.445 e. The first-order chi connectivity index (χ1) is 14.2. The van der Waals surface area contributed by atoms with Crippen LogP contribution in [0.3, 0.4) is 0 Å². The molecule has 152 valence electrons. The average molecular weight is 392 g/mol. The minimum Gasteiger partial charge on any atom is -0.445 e. The van der Waals surface area contributed by atoms with E-state index in [-0.39, 0.29) is 12.2 Å². The lowest BCUT2D eigenvalue weighted by atomic mass is 9.65. The monoisotopic (exact) mass is 391 g/mol. The van der Waals surface area contributed by atoms with E-state index in [1.165, 1.54) is 38.5 Å². The fraction of sp³-hybridized carbons (Fsp3) is 0.440. The highest BCUT2D eigenvalue weighted by Crippen LogP contribution is 2.45. The summed E-state index contributed by atoms with van der Waals surface area (Å²) in [7, 11) is 0. The molecule has 0 radical (unpaired) electrons. The number of rotatable bonds is 5. The Hall–Kier alpha value is -2.62. The first-order valence-electron chi connectivity index (χ1n) is 10.8. The number of hydrogen-bond donors (Lipinski definition) is 1. The number of amides is 1. The minimum absolute atomic E-state index is 0.0666. The van der Waals surface area contributed by atoms with Crippen molar-refractivity contribution >= 4 is 18.1 Å². The van der Waals surface area contributed by atoms with Crippen molar-refractivity contribution in [3.63, 3.8) is 0 Å². The Morgan fingerprint density at radius 1 is 1.07 bits per heavy atom. The van der Waals surface area contributed by atoms with Gasteiger partial charge in [0.2, 0.25) is 0 Å². The summed E-state index contributed by atoms with van der Waals surface area (Å²) in [5.74, 6) is 1.83. The van der Waals surface area contributed by atoms with Crippen molar-refractivity contribution in [1.29, 1.82) is 0 Å². The van der Waals surface area contributed by atoms with Crippen molar-refractivity contribution in [2.45, 2.75) is 51.6 Å². The van der Waals surface area contributed by atoms with Crippen LogP contribution in [0.5, 0.6) is 0 Å². The smallest absolute Gasteiger partial charge is 0.411 e. The number of anilines is 1. The van der Waals surface area contributed by atoms with Crippen LogP contribution in [0.1, 0.15) is 55.8 Å². The van der Waals surface area contributed by atoms with Gasteiger partial charge in [0.15, 0.2) is 0 Å². The van der Waals surface area contributed by atoms with Gasteiger partial charge in [0.1, 0.15) is 12.4 Å². The Morgan fingerprint density at radius 2 is 1.79 bits per heavy atom. The lowest BCUT2D eigenvalue weighted by molar-refractivity contribution is -0.0403. The molecule has 4 heteroatoms. The van der Waals surface area contributed by atoms with Gasteiger partial charge in [-0.15, -0.1) is 0 Å². The Kier molecular flexibility index (Phi) is 5.98. The number of benzene rings is 2. The zero-order valence-corrected chi connectivity index (χ0v) is 17.0. The molecule has 0 spiro atoms. The van der Waals surface area contributed by atoms with Crippen molar-refractivity contribution in [3.8, 4) is 11.1 Å². The van der Waals surface area contributed by atoms with Crippen LogP contribution in [0, 0.1) is 17.8 Å². The number of aldehydes is 1. The maximum atomic E-state index is 12.5. The Bertz CT molecular complexity index is 847. The molecule has 0 aliphatic heterocycles. The van der Waals surface area contributed by atoms with Gasteiger partial charge in [0, 0.05) is 11.3 Å². The van der Waals surface area contributed by atoms with E-state index in [9.17, 15) is 9.59 Å². The van der Waals surface area contributed by atoms with E-state index in [0.717, 1.165) is 29.0 Å². The van der Waals surface area contributed by atoms with Gasteiger partial charge < -0.3 is 4.74 Å². The highest BCUT2D eigenvalue weighted by Gasteiger charge is 2.42. The van der Waals surface area contributed by atoms with E-state index in [0.29, 0.717) is 17.4 Å². The second kappa shape index (κ2) is 8.81. The number of ether oxygens (including phenoxy) is 1. The van der Waals surface area contributed by atoms with Gasteiger partial charge in [0.05, 0.1) is 0 Å². The standard InChI is InChI=1S/C25H29NO3/c1-2-17-13-21-7-4-8-22(14-17)24(21)29-25(28)26-23-11-9-19(10-12-23)20-6-3-5-18(15-20)16-27/h3,5-6,9-12,15-17,21-22,24H,2,4,7-8,13-14H2,1H3,(H,26,28). The maximum Gasteiger partial charge on any atom is 0.411 e. The van der Waals surface area contributed by atoms with Gasteiger partial charge in [-0.1, -0.05) is 50.1 Å². The van der Waals surface area contributed by atoms with Crippen LogP contribution in [0.4, 0.5) is 10.5 Å². The van der Waals surface area contributed by atoms with Gasteiger partial charge >= 0.3 is 6.09 Å². The normalized spacial score (nSPS) is 25.8. The summed E-state index contributed by atoms with van der Waals surface area (Å²) in [5, 5.41) is 2.89. The lowest BCUT2D eigenvalue weighted by Gasteiger charge is -2.44. The van der Waals surface area contributed by atoms with E-state index in [1.807, 2.05) is 42.5 Å². The van der Waals surface area contributed by atoms with Crippen molar-refractivity contribution in [2.75, 3.05) is 5.32 Å². The molecule has 2 unspecified atom stereocenters. The molecule has 2 bridgehead atoms. The molecule has 4 nitrogen and oxygen atoms in total. The molecule has 1 N–H and O–H groups in total. The molecule has 4 rings (SSSR count). The van der Waals surface area contributed by atoms with Crippen LogP contribution in [0.15, 0.2) is 48.5 Å². The zero-order chi connectivity index (χ0) is 20.2. The lowest BCUT2D eigenvalue weighted by Crippen LogP contribution is -2.43. The molecule has 2 saturated carbocycles. The molecule has 0 heterocycles. The summed E-state index contributed by atoms with van der Waals surface area (Å²) in [4.78, 5) is 23.5. The topological polar surface area (TPSA) is 55.4 Å². The van der Waals surface area contributed by atoms with E-state index >= 15 is 0 Å². The van der Waals surface area contributed by atoms with E-state index in [2.05, 4.69) is 12.2 Å². The molecular weight excluding hydrogens is 362 g/mol. The Morgan fingerprint density at radius 3 is 2.45 bits per heavy atom. The molecule has 0 aromatic heterocycles. The molecule has 0 saturated heterocycles.